The number of rotatable bonds is 8. The standard InChI is InChI=1S/C13H19Cl2N3O2/c1-2-3-4-5-6-18(7-8-19)13(20)10-9-11(14)16-17-12(10)15/h9,19H,2-8H2,1H3. The number of aliphatic hydroxyl groups is 1. The van der Waals surface area contributed by atoms with Crippen molar-refractivity contribution in [1.29, 1.82) is 0 Å². The van der Waals surface area contributed by atoms with Gasteiger partial charge in [-0.2, -0.15) is 0 Å². The van der Waals surface area contributed by atoms with Gasteiger partial charge in [0.2, 0.25) is 0 Å². The van der Waals surface area contributed by atoms with E-state index in [4.69, 9.17) is 28.3 Å². The zero-order chi connectivity index (χ0) is 15.0. The molecule has 0 aliphatic rings. The Morgan fingerprint density at radius 3 is 2.65 bits per heavy atom. The van der Waals surface area contributed by atoms with Crippen molar-refractivity contribution in [2.45, 2.75) is 32.6 Å². The first-order valence-electron chi connectivity index (χ1n) is 6.69. The van der Waals surface area contributed by atoms with Gasteiger partial charge in [-0.15, -0.1) is 10.2 Å². The highest BCUT2D eigenvalue weighted by Gasteiger charge is 2.19. The van der Waals surface area contributed by atoms with Gasteiger partial charge in [-0.1, -0.05) is 49.4 Å². The van der Waals surface area contributed by atoms with E-state index in [1.165, 1.54) is 6.07 Å². The number of aromatic nitrogens is 2. The zero-order valence-electron chi connectivity index (χ0n) is 11.5. The van der Waals surface area contributed by atoms with Crippen molar-refractivity contribution in [3.8, 4) is 0 Å². The van der Waals surface area contributed by atoms with Gasteiger partial charge in [0, 0.05) is 13.1 Å². The summed E-state index contributed by atoms with van der Waals surface area (Å²) in [7, 11) is 0. The molecule has 1 aromatic heterocycles. The fourth-order valence-electron chi connectivity index (χ4n) is 1.84. The number of carbonyl (C=O) groups is 1. The maximum atomic E-state index is 12.4. The van der Waals surface area contributed by atoms with Crippen molar-refractivity contribution in [2.24, 2.45) is 0 Å². The van der Waals surface area contributed by atoms with E-state index in [0.29, 0.717) is 6.54 Å². The van der Waals surface area contributed by atoms with Crippen molar-refractivity contribution in [3.05, 3.63) is 21.9 Å². The molecule has 0 fully saturated rings. The third kappa shape index (κ3) is 5.23. The number of aliphatic hydroxyl groups excluding tert-OH is 1. The van der Waals surface area contributed by atoms with Crippen molar-refractivity contribution >= 4 is 29.1 Å². The summed E-state index contributed by atoms with van der Waals surface area (Å²) in [6.07, 6.45) is 4.20. The fourth-order valence-corrected chi connectivity index (χ4v) is 2.16. The summed E-state index contributed by atoms with van der Waals surface area (Å²) in [5.74, 6) is -0.280. The molecular weight excluding hydrogens is 301 g/mol. The topological polar surface area (TPSA) is 66.3 Å². The molecule has 1 N–H and O–H groups in total. The molecule has 1 amide bonds. The first-order chi connectivity index (χ1) is 9.60. The molecule has 0 spiro atoms. The second kappa shape index (κ2) is 9.10. The van der Waals surface area contributed by atoms with Crippen LogP contribution in [0.25, 0.3) is 0 Å². The lowest BCUT2D eigenvalue weighted by molar-refractivity contribution is 0.0718. The average Bonchev–Trinajstić information content (AvgIpc) is 2.44. The number of amides is 1. The Kier molecular flexibility index (Phi) is 7.80. The van der Waals surface area contributed by atoms with Gasteiger partial charge in [-0.25, -0.2) is 0 Å². The lowest BCUT2D eigenvalue weighted by Crippen LogP contribution is -2.34. The highest BCUT2D eigenvalue weighted by Crippen LogP contribution is 2.18. The minimum Gasteiger partial charge on any atom is -0.395 e. The largest absolute Gasteiger partial charge is 0.395 e. The van der Waals surface area contributed by atoms with E-state index in [1.54, 1.807) is 4.90 Å². The quantitative estimate of drug-likeness (QED) is 0.748. The van der Waals surface area contributed by atoms with Crippen LogP contribution in [0, 0.1) is 0 Å². The van der Waals surface area contributed by atoms with E-state index in [9.17, 15) is 4.79 Å². The Balaban J connectivity index is 2.74. The lowest BCUT2D eigenvalue weighted by Gasteiger charge is -2.22. The molecule has 112 valence electrons. The van der Waals surface area contributed by atoms with Crippen molar-refractivity contribution in [1.82, 2.24) is 15.1 Å². The number of nitrogens with zero attached hydrogens (tertiary/aromatic N) is 3. The molecule has 1 aromatic rings. The molecule has 0 saturated carbocycles. The first kappa shape index (κ1) is 17.1. The Bertz CT molecular complexity index is 444. The van der Waals surface area contributed by atoms with Crippen molar-refractivity contribution in [3.63, 3.8) is 0 Å². The number of hydrogen-bond acceptors (Lipinski definition) is 4. The molecule has 0 saturated heterocycles. The van der Waals surface area contributed by atoms with Crippen LogP contribution in [-0.4, -0.2) is 45.8 Å². The maximum absolute atomic E-state index is 12.4. The normalized spacial score (nSPS) is 10.6. The Morgan fingerprint density at radius 1 is 1.25 bits per heavy atom. The molecule has 20 heavy (non-hydrogen) atoms. The first-order valence-corrected chi connectivity index (χ1v) is 7.44. The van der Waals surface area contributed by atoms with Crippen LogP contribution in [0.2, 0.25) is 10.3 Å². The van der Waals surface area contributed by atoms with Crippen LogP contribution < -0.4 is 0 Å². The van der Waals surface area contributed by atoms with E-state index in [1.807, 2.05) is 0 Å². The van der Waals surface area contributed by atoms with Crippen LogP contribution >= 0.6 is 23.2 Å². The molecule has 1 rings (SSSR count). The smallest absolute Gasteiger partial charge is 0.257 e. The summed E-state index contributed by atoms with van der Waals surface area (Å²) in [6, 6.07) is 1.40. The van der Waals surface area contributed by atoms with Crippen molar-refractivity contribution < 1.29 is 9.90 Å². The van der Waals surface area contributed by atoms with Gasteiger partial charge in [0.1, 0.15) is 0 Å². The number of unbranched alkanes of at least 4 members (excludes halogenated alkanes) is 3. The fraction of sp³-hybridized carbons (Fsp3) is 0.615. The Hall–Kier alpha value is -0.910. The molecule has 0 atom stereocenters. The highest BCUT2D eigenvalue weighted by atomic mass is 35.5. The summed E-state index contributed by atoms with van der Waals surface area (Å²) >= 11 is 11.6. The van der Waals surface area contributed by atoms with E-state index < -0.39 is 0 Å². The van der Waals surface area contributed by atoms with Gasteiger partial charge < -0.3 is 10.0 Å². The van der Waals surface area contributed by atoms with Gasteiger partial charge in [-0.3, -0.25) is 4.79 Å². The summed E-state index contributed by atoms with van der Waals surface area (Å²) in [4.78, 5) is 13.9. The number of halogens is 2. The molecule has 0 unspecified atom stereocenters. The van der Waals surface area contributed by atoms with Crippen LogP contribution in [0.3, 0.4) is 0 Å². The molecule has 0 bridgehead atoms. The minimum atomic E-state index is -0.280. The second-order valence-corrected chi connectivity index (χ2v) is 5.19. The van der Waals surface area contributed by atoms with E-state index in [0.717, 1.165) is 25.7 Å². The molecule has 0 aromatic carbocycles. The van der Waals surface area contributed by atoms with Crippen LogP contribution in [0.5, 0.6) is 0 Å². The van der Waals surface area contributed by atoms with E-state index in [-0.39, 0.29) is 34.9 Å². The third-order valence-electron chi connectivity index (χ3n) is 2.89. The third-order valence-corrected chi connectivity index (χ3v) is 3.35. The maximum Gasteiger partial charge on any atom is 0.257 e. The molecule has 0 aliphatic heterocycles. The second-order valence-electron chi connectivity index (χ2n) is 4.45. The highest BCUT2D eigenvalue weighted by molar-refractivity contribution is 6.34. The van der Waals surface area contributed by atoms with Crippen molar-refractivity contribution in [2.75, 3.05) is 19.7 Å². The Labute approximate surface area is 128 Å². The van der Waals surface area contributed by atoms with Crippen LogP contribution in [-0.2, 0) is 0 Å². The Morgan fingerprint density at radius 2 is 2.00 bits per heavy atom. The number of hydrogen-bond donors (Lipinski definition) is 1. The summed E-state index contributed by atoms with van der Waals surface area (Å²) in [5, 5.41) is 16.4. The van der Waals surface area contributed by atoms with E-state index >= 15 is 0 Å². The predicted octanol–water partition coefficient (Wildman–Crippen LogP) is 2.80. The predicted molar refractivity (Wildman–Crippen MR) is 79.2 cm³/mol. The average molecular weight is 320 g/mol. The van der Waals surface area contributed by atoms with Gasteiger partial charge in [0.05, 0.1) is 12.2 Å². The van der Waals surface area contributed by atoms with Gasteiger partial charge in [0.15, 0.2) is 10.3 Å². The lowest BCUT2D eigenvalue weighted by atomic mass is 10.2. The minimum absolute atomic E-state index is 0.0240. The summed E-state index contributed by atoms with van der Waals surface area (Å²) < 4.78 is 0. The molecule has 5 nitrogen and oxygen atoms in total. The summed E-state index contributed by atoms with van der Waals surface area (Å²) in [6.45, 7) is 2.88. The monoisotopic (exact) mass is 319 g/mol. The van der Waals surface area contributed by atoms with Gasteiger partial charge in [-0.05, 0) is 12.5 Å². The number of carbonyl (C=O) groups excluding carboxylic acids is 1. The summed E-state index contributed by atoms with van der Waals surface area (Å²) in [5.41, 5.74) is 0.218. The van der Waals surface area contributed by atoms with Gasteiger partial charge in [0.25, 0.3) is 5.91 Å². The molecular formula is C13H19Cl2N3O2. The SMILES string of the molecule is CCCCCCN(CCO)C(=O)c1cc(Cl)nnc1Cl. The zero-order valence-corrected chi connectivity index (χ0v) is 13.0. The molecule has 7 heteroatoms. The molecule has 0 aliphatic carbocycles. The van der Waals surface area contributed by atoms with Crippen LogP contribution in [0.15, 0.2) is 6.07 Å². The van der Waals surface area contributed by atoms with Crippen LogP contribution in [0.1, 0.15) is 43.0 Å². The molecule has 0 radical (unpaired) electrons. The van der Waals surface area contributed by atoms with Gasteiger partial charge >= 0.3 is 0 Å². The van der Waals surface area contributed by atoms with Crippen LogP contribution in [0.4, 0.5) is 0 Å². The molecule has 1 heterocycles. The van der Waals surface area contributed by atoms with E-state index in [2.05, 4.69) is 17.1 Å².